The Morgan fingerprint density at radius 3 is 2.10 bits per heavy atom. The summed E-state index contributed by atoms with van der Waals surface area (Å²) >= 11 is 0. The monoisotopic (exact) mass is 269 g/mol. The molecule has 20 heavy (non-hydrogen) atoms. The van der Waals surface area contributed by atoms with Crippen molar-refractivity contribution < 1.29 is 9.90 Å². The van der Waals surface area contributed by atoms with Crippen molar-refractivity contribution >= 4 is 5.97 Å². The summed E-state index contributed by atoms with van der Waals surface area (Å²) in [5.74, 6) is -0.849. The van der Waals surface area contributed by atoms with Crippen molar-refractivity contribution in [2.75, 3.05) is 0 Å². The predicted octanol–water partition coefficient (Wildman–Crippen LogP) is 3.15. The Bertz CT molecular complexity index is 563. The van der Waals surface area contributed by atoms with Crippen molar-refractivity contribution in [2.45, 2.75) is 25.9 Å². The van der Waals surface area contributed by atoms with E-state index in [1.807, 2.05) is 61.5 Å². The molecule has 0 fully saturated rings. The topological polar surface area (TPSA) is 49.3 Å². The molecule has 0 heterocycles. The lowest BCUT2D eigenvalue weighted by molar-refractivity contribution is -0.139. The maximum atomic E-state index is 11.1. The third kappa shape index (κ3) is 3.45. The van der Waals surface area contributed by atoms with Crippen LogP contribution in [0.4, 0.5) is 0 Å². The van der Waals surface area contributed by atoms with Crippen LogP contribution in [0.3, 0.4) is 0 Å². The number of rotatable bonds is 5. The third-order valence-electron chi connectivity index (χ3n) is 3.33. The number of aryl methyl sites for hydroxylation is 1. The first-order chi connectivity index (χ1) is 9.58. The van der Waals surface area contributed by atoms with Crippen molar-refractivity contribution in [3.63, 3.8) is 0 Å². The fraction of sp³-hybridized carbons (Fsp3) is 0.235. The number of benzene rings is 2. The van der Waals surface area contributed by atoms with E-state index < -0.39 is 12.0 Å². The minimum absolute atomic E-state index is 0.122. The molecule has 0 amide bonds. The minimum Gasteiger partial charge on any atom is -0.480 e. The van der Waals surface area contributed by atoms with Crippen molar-refractivity contribution in [2.24, 2.45) is 0 Å². The van der Waals surface area contributed by atoms with Gasteiger partial charge < -0.3 is 5.11 Å². The molecule has 3 heteroatoms. The highest BCUT2D eigenvalue weighted by molar-refractivity contribution is 5.73. The molecule has 0 aliphatic carbocycles. The summed E-state index contributed by atoms with van der Waals surface area (Å²) in [5.41, 5.74) is 3.31. The molecule has 0 saturated heterocycles. The molecule has 104 valence electrons. The largest absolute Gasteiger partial charge is 0.480 e. The van der Waals surface area contributed by atoms with E-state index in [-0.39, 0.29) is 6.04 Å². The van der Waals surface area contributed by atoms with Crippen molar-refractivity contribution in [3.05, 3.63) is 71.3 Å². The molecular weight excluding hydrogens is 250 g/mol. The number of nitrogens with one attached hydrogen (secondary N) is 1. The number of carboxylic acid groups (broad SMARTS) is 1. The smallest absolute Gasteiger partial charge is 0.320 e. The highest BCUT2D eigenvalue weighted by Gasteiger charge is 2.19. The van der Waals surface area contributed by atoms with Gasteiger partial charge >= 0.3 is 5.97 Å². The van der Waals surface area contributed by atoms with Crippen molar-refractivity contribution in [1.82, 2.24) is 5.32 Å². The average molecular weight is 269 g/mol. The van der Waals surface area contributed by atoms with E-state index in [1.165, 1.54) is 5.56 Å². The van der Waals surface area contributed by atoms with Gasteiger partial charge in [-0.3, -0.25) is 10.1 Å². The molecule has 0 saturated carbocycles. The Morgan fingerprint density at radius 1 is 1.00 bits per heavy atom. The lowest BCUT2D eigenvalue weighted by atomic mass is 9.97. The molecule has 2 rings (SSSR count). The summed E-state index contributed by atoms with van der Waals surface area (Å²) in [6, 6.07) is 17.3. The van der Waals surface area contributed by atoms with Crippen molar-refractivity contribution in [1.29, 1.82) is 0 Å². The first kappa shape index (κ1) is 14.3. The van der Waals surface area contributed by atoms with Gasteiger partial charge in [0.05, 0.1) is 6.04 Å². The van der Waals surface area contributed by atoms with Crippen molar-refractivity contribution in [3.8, 4) is 0 Å². The lowest BCUT2D eigenvalue weighted by Gasteiger charge is -2.22. The van der Waals surface area contributed by atoms with E-state index in [1.54, 1.807) is 6.92 Å². The van der Waals surface area contributed by atoms with Gasteiger partial charge in [0, 0.05) is 0 Å². The lowest BCUT2D eigenvalue weighted by Crippen LogP contribution is -2.37. The SMILES string of the molecule is Cc1ccc(C(N[C@@H](C)C(=O)O)c2ccccc2)cc1. The summed E-state index contributed by atoms with van der Waals surface area (Å²) in [6.45, 7) is 3.70. The highest BCUT2D eigenvalue weighted by atomic mass is 16.4. The molecule has 0 spiro atoms. The number of hydrogen-bond donors (Lipinski definition) is 2. The second-order valence-corrected chi connectivity index (χ2v) is 4.98. The van der Waals surface area contributed by atoms with Crippen LogP contribution in [0.5, 0.6) is 0 Å². The van der Waals surface area contributed by atoms with Crippen LogP contribution in [0.2, 0.25) is 0 Å². The van der Waals surface area contributed by atoms with Gasteiger partial charge in [0.2, 0.25) is 0 Å². The molecule has 0 radical (unpaired) electrons. The van der Waals surface area contributed by atoms with Gasteiger partial charge in [0.15, 0.2) is 0 Å². The van der Waals surface area contributed by atoms with Crippen LogP contribution in [0.1, 0.15) is 29.7 Å². The van der Waals surface area contributed by atoms with Gasteiger partial charge in [-0.1, -0.05) is 60.2 Å². The van der Waals surface area contributed by atoms with Gasteiger partial charge in [-0.25, -0.2) is 0 Å². The Morgan fingerprint density at radius 2 is 1.55 bits per heavy atom. The van der Waals surface area contributed by atoms with Crippen LogP contribution in [-0.4, -0.2) is 17.1 Å². The average Bonchev–Trinajstić information content (AvgIpc) is 2.46. The van der Waals surface area contributed by atoms with Gasteiger partial charge in [-0.15, -0.1) is 0 Å². The number of hydrogen-bond acceptors (Lipinski definition) is 2. The maximum absolute atomic E-state index is 11.1. The summed E-state index contributed by atoms with van der Waals surface area (Å²) in [4.78, 5) is 11.1. The van der Waals surface area contributed by atoms with Gasteiger partial charge in [0.25, 0.3) is 0 Å². The van der Waals surface area contributed by atoms with Crippen LogP contribution in [-0.2, 0) is 4.79 Å². The van der Waals surface area contributed by atoms with E-state index in [4.69, 9.17) is 5.11 Å². The second kappa shape index (κ2) is 6.35. The summed E-state index contributed by atoms with van der Waals surface area (Å²) in [5, 5.41) is 12.3. The van der Waals surface area contributed by atoms with Crippen LogP contribution in [0.25, 0.3) is 0 Å². The molecule has 0 bridgehead atoms. The quantitative estimate of drug-likeness (QED) is 0.876. The van der Waals surface area contributed by atoms with E-state index in [9.17, 15) is 4.79 Å². The zero-order valence-electron chi connectivity index (χ0n) is 11.7. The molecule has 1 unspecified atom stereocenters. The third-order valence-corrected chi connectivity index (χ3v) is 3.33. The Balaban J connectivity index is 2.34. The van der Waals surface area contributed by atoms with Gasteiger partial charge in [0.1, 0.15) is 6.04 Å². The van der Waals surface area contributed by atoms with Crippen LogP contribution < -0.4 is 5.32 Å². The Labute approximate surface area is 119 Å². The molecule has 0 aliphatic rings. The second-order valence-electron chi connectivity index (χ2n) is 4.98. The zero-order valence-corrected chi connectivity index (χ0v) is 11.7. The molecule has 2 aromatic rings. The van der Waals surface area contributed by atoms with E-state index >= 15 is 0 Å². The van der Waals surface area contributed by atoms with Crippen LogP contribution in [0, 0.1) is 6.92 Å². The molecule has 0 aromatic heterocycles. The Hall–Kier alpha value is -2.13. The van der Waals surface area contributed by atoms with Crippen LogP contribution >= 0.6 is 0 Å². The first-order valence-electron chi connectivity index (χ1n) is 6.68. The molecule has 2 N–H and O–H groups in total. The standard InChI is InChI=1S/C17H19NO2/c1-12-8-10-15(11-9-12)16(18-13(2)17(19)20)14-6-4-3-5-7-14/h3-11,13,16,18H,1-2H3,(H,19,20)/t13-,16?/m0/s1. The normalized spacial score (nSPS) is 13.7. The Kier molecular flexibility index (Phi) is 4.53. The van der Waals surface area contributed by atoms with E-state index in [0.29, 0.717) is 0 Å². The van der Waals surface area contributed by atoms with Gasteiger partial charge in [-0.2, -0.15) is 0 Å². The van der Waals surface area contributed by atoms with Gasteiger partial charge in [-0.05, 0) is 25.0 Å². The molecule has 2 aromatic carbocycles. The highest BCUT2D eigenvalue weighted by Crippen LogP contribution is 2.23. The summed E-state index contributed by atoms with van der Waals surface area (Å²) in [7, 11) is 0. The van der Waals surface area contributed by atoms with E-state index in [2.05, 4.69) is 5.32 Å². The fourth-order valence-corrected chi connectivity index (χ4v) is 2.11. The summed E-state index contributed by atoms with van der Waals surface area (Å²) in [6.07, 6.45) is 0. The molecule has 3 nitrogen and oxygen atoms in total. The minimum atomic E-state index is -0.849. The predicted molar refractivity (Wildman–Crippen MR) is 79.7 cm³/mol. The summed E-state index contributed by atoms with van der Waals surface area (Å²) < 4.78 is 0. The molecular formula is C17H19NO2. The molecule has 2 atom stereocenters. The van der Waals surface area contributed by atoms with E-state index in [0.717, 1.165) is 11.1 Å². The first-order valence-corrected chi connectivity index (χ1v) is 6.68. The number of aliphatic carboxylic acids is 1. The molecule has 0 aliphatic heterocycles. The fourth-order valence-electron chi connectivity index (χ4n) is 2.11. The number of carboxylic acids is 1. The number of carbonyl (C=O) groups is 1. The van der Waals surface area contributed by atoms with Crippen LogP contribution in [0.15, 0.2) is 54.6 Å². The maximum Gasteiger partial charge on any atom is 0.320 e. The zero-order chi connectivity index (χ0) is 14.5.